The van der Waals surface area contributed by atoms with E-state index < -0.39 is 9.73 Å². The summed E-state index contributed by atoms with van der Waals surface area (Å²) >= 11 is 0. The first kappa shape index (κ1) is 19.9. The molecule has 1 aliphatic heterocycles. The molecule has 0 bridgehead atoms. The van der Waals surface area contributed by atoms with Crippen molar-refractivity contribution < 1.29 is 13.7 Å². The lowest BCUT2D eigenvalue weighted by Crippen LogP contribution is -2.21. The summed E-state index contributed by atoms with van der Waals surface area (Å²) in [4.78, 5) is 12.5. The van der Waals surface area contributed by atoms with E-state index in [0.717, 1.165) is 41.0 Å². The van der Waals surface area contributed by atoms with E-state index in [9.17, 15) is 9.00 Å². The summed E-state index contributed by atoms with van der Waals surface area (Å²) in [6.07, 6.45) is 10.7. The molecule has 154 valence electrons. The Morgan fingerprint density at radius 3 is 2.86 bits per heavy atom. The molecular formula is C22H26N2O4S. The van der Waals surface area contributed by atoms with Crippen LogP contribution < -0.4 is 10.3 Å². The minimum absolute atomic E-state index is 0.0188. The third kappa shape index (κ3) is 4.31. The maximum atomic E-state index is 12.5. The van der Waals surface area contributed by atoms with Crippen LogP contribution in [0.15, 0.2) is 39.6 Å². The minimum atomic E-state index is -2.29. The Balaban J connectivity index is 1.83. The molecular weight excluding hydrogens is 388 g/mol. The van der Waals surface area contributed by atoms with Crippen LogP contribution in [0, 0.1) is 5.92 Å². The highest BCUT2D eigenvalue weighted by Crippen LogP contribution is 2.38. The van der Waals surface area contributed by atoms with Crippen LogP contribution in [0.4, 0.5) is 5.69 Å². The van der Waals surface area contributed by atoms with Crippen LogP contribution in [-0.4, -0.2) is 41.1 Å². The largest absolute Gasteiger partial charge is 0.493 e. The van der Waals surface area contributed by atoms with Crippen molar-refractivity contribution in [3.8, 4) is 16.9 Å². The summed E-state index contributed by atoms with van der Waals surface area (Å²) in [7, 11) is -0.528. The number of hydrogen-bond donors (Lipinski definition) is 0. The van der Waals surface area contributed by atoms with Gasteiger partial charge in [0.25, 0.3) is 5.56 Å². The molecule has 4 rings (SSSR count). The number of aryl methyl sites for hydroxylation is 1. The van der Waals surface area contributed by atoms with E-state index in [1.165, 1.54) is 0 Å². The van der Waals surface area contributed by atoms with Gasteiger partial charge < -0.3 is 14.0 Å². The third-order valence-electron chi connectivity index (χ3n) is 5.20. The molecule has 1 aromatic carbocycles. The molecule has 0 amide bonds. The highest BCUT2D eigenvalue weighted by Gasteiger charge is 2.21. The first-order chi connectivity index (χ1) is 13.8. The number of benzene rings is 1. The molecule has 0 radical (unpaired) electrons. The average molecular weight is 415 g/mol. The summed E-state index contributed by atoms with van der Waals surface area (Å²) < 4.78 is 29.8. The molecule has 29 heavy (non-hydrogen) atoms. The average Bonchev–Trinajstić information content (AvgIpc) is 3.34. The van der Waals surface area contributed by atoms with Gasteiger partial charge in [0.2, 0.25) is 0 Å². The number of allylic oxidation sites excluding steroid dienone is 1. The third-order valence-corrected chi connectivity index (χ3v) is 5.85. The van der Waals surface area contributed by atoms with Gasteiger partial charge >= 0.3 is 0 Å². The van der Waals surface area contributed by atoms with E-state index in [2.05, 4.69) is 4.36 Å². The number of aromatic nitrogens is 1. The molecule has 1 aromatic heterocycles. The lowest BCUT2D eigenvalue weighted by molar-refractivity contribution is 0.167. The number of rotatable bonds is 5. The van der Waals surface area contributed by atoms with Gasteiger partial charge in [0.15, 0.2) is 0 Å². The fraction of sp³-hybridized carbons (Fsp3) is 0.409. The summed E-state index contributed by atoms with van der Waals surface area (Å²) in [6, 6.07) is 5.61. The molecule has 1 atom stereocenters. The van der Waals surface area contributed by atoms with Crippen LogP contribution in [0.5, 0.6) is 5.75 Å². The van der Waals surface area contributed by atoms with E-state index in [0.29, 0.717) is 31.2 Å². The van der Waals surface area contributed by atoms with Crippen LogP contribution in [0.2, 0.25) is 0 Å². The van der Waals surface area contributed by atoms with Gasteiger partial charge in [-0.2, -0.15) is 4.36 Å². The SMILES string of the molecule is Cn1cc(-c2cc(N=S(C)(C)=O)ccc2OCC2CCOC2)c2c(c1=O)CC=C2. The van der Waals surface area contributed by atoms with Gasteiger partial charge in [-0.3, -0.25) is 4.79 Å². The molecule has 1 fully saturated rings. The first-order valence-electron chi connectivity index (χ1n) is 9.73. The van der Waals surface area contributed by atoms with Crippen molar-refractivity contribution in [2.45, 2.75) is 12.8 Å². The Labute approximate surface area is 171 Å². The standard InChI is InChI=1S/C22H26N2O4S/c1-24-12-20(17-5-4-6-18(17)22(24)25)19-11-16(23-29(2,3)26)7-8-21(19)28-14-15-9-10-27-13-15/h4-5,7-8,11-12,15H,6,9-10,13-14H2,1-3H3. The molecule has 7 heteroatoms. The molecule has 0 saturated carbocycles. The van der Waals surface area contributed by atoms with Crippen molar-refractivity contribution in [2.75, 3.05) is 32.3 Å². The number of hydrogen-bond acceptors (Lipinski definition) is 5. The Kier molecular flexibility index (Phi) is 5.36. The second-order valence-electron chi connectivity index (χ2n) is 7.95. The summed E-state index contributed by atoms with van der Waals surface area (Å²) in [5.41, 5.74) is 4.14. The van der Waals surface area contributed by atoms with Gasteiger partial charge in [-0.15, -0.1) is 0 Å². The maximum Gasteiger partial charge on any atom is 0.254 e. The van der Waals surface area contributed by atoms with Crippen molar-refractivity contribution in [3.05, 3.63) is 52.0 Å². The Hall–Kier alpha value is -2.38. The second-order valence-corrected chi connectivity index (χ2v) is 10.5. The maximum absolute atomic E-state index is 12.5. The molecule has 6 nitrogen and oxygen atoms in total. The lowest BCUT2D eigenvalue weighted by Gasteiger charge is -2.17. The molecule has 0 spiro atoms. The van der Waals surface area contributed by atoms with Gasteiger partial charge in [-0.25, -0.2) is 4.21 Å². The monoisotopic (exact) mass is 414 g/mol. The highest BCUT2D eigenvalue weighted by atomic mass is 32.2. The number of ether oxygens (including phenoxy) is 2. The summed E-state index contributed by atoms with van der Waals surface area (Å²) in [6.45, 7) is 2.07. The predicted molar refractivity (Wildman–Crippen MR) is 116 cm³/mol. The van der Waals surface area contributed by atoms with Gasteiger partial charge in [0, 0.05) is 64.7 Å². The molecule has 2 aliphatic rings. The van der Waals surface area contributed by atoms with Crippen molar-refractivity contribution in [2.24, 2.45) is 17.3 Å². The zero-order valence-electron chi connectivity index (χ0n) is 17.0. The fourth-order valence-electron chi connectivity index (χ4n) is 3.80. The molecule has 1 saturated heterocycles. The Morgan fingerprint density at radius 2 is 2.14 bits per heavy atom. The molecule has 1 unspecified atom stereocenters. The smallest absolute Gasteiger partial charge is 0.254 e. The topological polar surface area (TPSA) is 69.9 Å². The van der Waals surface area contributed by atoms with E-state index in [1.807, 2.05) is 36.5 Å². The molecule has 0 N–H and O–H groups in total. The van der Waals surface area contributed by atoms with Gasteiger partial charge in [0.05, 0.1) is 18.9 Å². The van der Waals surface area contributed by atoms with Gasteiger partial charge in [-0.1, -0.05) is 12.2 Å². The van der Waals surface area contributed by atoms with Crippen molar-refractivity contribution >= 4 is 21.5 Å². The zero-order valence-corrected chi connectivity index (χ0v) is 17.8. The van der Waals surface area contributed by atoms with Gasteiger partial charge in [-0.05, 0) is 36.6 Å². The van der Waals surface area contributed by atoms with E-state index in [1.54, 1.807) is 24.1 Å². The van der Waals surface area contributed by atoms with Crippen molar-refractivity contribution in [1.29, 1.82) is 0 Å². The molecule has 1 aliphatic carbocycles. The van der Waals surface area contributed by atoms with Crippen LogP contribution in [0.25, 0.3) is 17.2 Å². The molecule has 2 aromatic rings. The lowest BCUT2D eigenvalue weighted by atomic mass is 9.98. The van der Waals surface area contributed by atoms with E-state index in [-0.39, 0.29) is 5.56 Å². The van der Waals surface area contributed by atoms with Crippen LogP contribution in [0.3, 0.4) is 0 Å². The highest BCUT2D eigenvalue weighted by molar-refractivity contribution is 7.92. The minimum Gasteiger partial charge on any atom is -0.493 e. The van der Waals surface area contributed by atoms with E-state index >= 15 is 0 Å². The van der Waals surface area contributed by atoms with Gasteiger partial charge in [0.1, 0.15) is 5.75 Å². The number of fused-ring (bicyclic) bond motifs is 1. The summed E-state index contributed by atoms with van der Waals surface area (Å²) in [5, 5.41) is 0. The Morgan fingerprint density at radius 1 is 1.31 bits per heavy atom. The van der Waals surface area contributed by atoms with Crippen LogP contribution in [-0.2, 0) is 27.9 Å². The Bertz CT molecular complexity index is 1140. The van der Waals surface area contributed by atoms with E-state index in [4.69, 9.17) is 9.47 Å². The zero-order chi connectivity index (χ0) is 20.6. The van der Waals surface area contributed by atoms with Crippen molar-refractivity contribution in [3.63, 3.8) is 0 Å². The normalized spacial score (nSPS) is 18.1. The van der Waals surface area contributed by atoms with Crippen LogP contribution in [0.1, 0.15) is 17.5 Å². The number of nitrogens with zero attached hydrogens (tertiary/aromatic N) is 2. The predicted octanol–water partition coefficient (Wildman–Crippen LogP) is 3.40. The van der Waals surface area contributed by atoms with Crippen molar-refractivity contribution in [1.82, 2.24) is 4.57 Å². The van der Waals surface area contributed by atoms with Crippen LogP contribution >= 0.6 is 0 Å². The summed E-state index contributed by atoms with van der Waals surface area (Å²) in [5.74, 6) is 1.11. The fourth-order valence-corrected chi connectivity index (χ4v) is 4.42. The second kappa shape index (κ2) is 7.80. The quantitative estimate of drug-likeness (QED) is 0.752. The first-order valence-corrected chi connectivity index (χ1v) is 12.1. The molecule has 2 heterocycles. The number of pyridine rings is 1.